The number of carbonyl (C=O) groups is 1. The van der Waals surface area contributed by atoms with Crippen molar-refractivity contribution in [3.05, 3.63) is 42.6 Å². The molecular formula is C16H20N4O2. The van der Waals surface area contributed by atoms with Crippen LogP contribution in [0.4, 0.5) is 0 Å². The van der Waals surface area contributed by atoms with Crippen molar-refractivity contribution in [3.8, 4) is 11.4 Å². The summed E-state index contributed by atoms with van der Waals surface area (Å²) in [6.45, 7) is 8.95. The van der Waals surface area contributed by atoms with E-state index in [2.05, 4.69) is 21.7 Å². The van der Waals surface area contributed by atoms with E-state index in [4.69, 9.17) is 4.52 Å². The molecule has 0 atom stereocenters. The van der Waals surface area contributed by atoms with Crippen LogP contribution in [0.15, 0.2) is 41.2 Å². The smallest absolute Gasteiger partial charge is 0.227 e. The van der Waals surface area contributed by atoms with Gasteiger partial charge in [-0.1, -0.05) is 17.3 Å². The van der Waals surface area contributed by atoms with Crippen molar-refractivity contribution < 1.29 is 9.32 Å². The maximum atomic E-state index is 12.1. The quantitative estimate of drug-likeness (QED) is 0.735. The molecule has 0 aliphatic carbocycles. The van der Waals surface area contributed by atoms with Crippen molar-refractivity contribution in [1.29, 1.82) is 0 Å². The van der Waals surface area contributed by atoms with Crippen LogP contribution in [-0.4, -0.2) is 39.0 Å². The first kappa shape index (κ1) is 15.9. The lowest BCUT2D eigenvalue weighted by Gasteiger charge is -2.20. The zero-order chi connectivity index (χ0) is 15.9. The van der Waals surface area contributed by atoms with E-state index >= 15 is 0 Å². The second-order valence-electron chi connectivity index (χ2n) is 5.11. The maximum Gasteiger partial charge on any atom is 0.227 e. The summed E-state index contributed by atoms with van der Waals surface area (Å²) >= 11 is 0. The van der Waals surface area contributed by atoms with Gasteiger partial charge in [-0.3, -0.25) is 9.78 Å². The number of nitrogens with zero attached hydrogens (tertiary/aromatic N) is 4. The van der Waals surface area contributed by atoms with Crippen LogP contribution in [0.25, 0.3) is 11.4 Å². The standard InChI is InChI=1S/C16H20N4O2/c1-4-20(11-12(2)3)15(21)6-5-14-18-16(19-22-14)13-7-9-17-10-8-13/h7-10H,2,4-6,11H2,1,3H3. The minimum Gasteiger partial charge on any atom is -0.339 e. The molecule has 22 heavy (non-hydrogen) atoms. The van der Waals surface area contributed by atoms with Crippen molar-refractivity contribution in [2.24, 2.45) is 0 Å². The van der Waals surface area contributed by atoms with Crippen LogP contribution in [0.3, 0.4) is 0 Å². The summed E-state index contributed by atoms with van der Waals surface area (Å²) in [5.41, 5.74) is 1.81. The zero-order valence-corrected chi connectivity index (χ0v) is 13.0. The average Bonchev–Trinajstić information content (AvgIpc) is 3.00. The van der Waals surface area contributed by atoms with Gasteiger partial charge in [-0.2, -0.15) is 4.98 Å². The minimum atomic E-state index is 0.0640. The fourth-order valence-electron chi connectivity index (χ4n) is 2.05. The van der Waals surface area contributed by atoms with Gasteiger partial charge in [-0.15, -0.1) is 0 Å². The Kier molecular flexibility index (Phi) is 5.41. The second-order valence-corrected chi connectivity index (χ2v) is 5.11. The number of hydrogen-bond donors (Lipinski definition) is 0. The van der Waals surface area contributed by atoms with Crippen LogP contribution in [0.5, 0.6) is 0 Å². The number of aromatic nitrogens is 3. The summed E-state index contributed by atoms with van der Waals surface area (Å²) in [6, 6.07) is 3.62. The molecular weight excluding hydrogens is 280 g/mol. The highest BCUT2D eigenvalue weighted by atomic mass is 16.5. The van der Waals surface area contributed by atoms with Gasteiger partial charge < -0.3 is 9.42 Å². The topological polar surface area (TPSA) is 72.1 Å². The monoisotopic (exact) mass is 300 g/mol. The molecule has 0 aliphatic heterocycles. The molecule has 2 rings (SSSR count). The number of aryl methyl sites for hydroxylation is 1. The van der Waals surface area contributed by atoms with E-state index in [0.717, 1.165) is 11.1 Å². The number of amides is 1. The number of pyridine rings is 1. The van der Waals surface area contributed by atoms with Gasteiger partial charge in [0.15, 0.2) is 0 Å². The van der Waals surface area contributed by atoms with E-state index in [0.29, 0.717) is 37.6 Å². The van der Waals surface area contributed by atoms with Crippen LogP contribution >= 0.6 is 0 Å². The molecule has 0 radical (unpaired) electrons. The molecule has 1 amide bonds. The van der Waals surface area contributed by atoms with Gasteiger partial charge in [0.2, 0.25) is 17.6 Å². The molecule has 6 heteroatoms. The highest BCUT2D eigenvalue weighted by molar-refractivity contribution is 5.76. The molecule has 0 bridgehead atoms. The van der Waals surface area contributed by atoms with E-state index in [-0.39, 0.29) is 5.91 Å². The first-order chi connectivity index (χ1) is 10.6. The van der Waals surface area contributed by atoms with Gasteiger partial charge in [0.05, 0.1) is 0 Å². The lowest BCUT2D eigenvalue weighted by atomic mass is 10.2. The lowest BCUT2D eigenvalue weighted by Crippen LogP contribution is -2.32. The fourth-order valence-corrected chi connectivity index (χ4v) is 2.05. The molecule has 6 nitrogen and oxygen atoms in total. The van der Waals surface area contributed by atoms with Crippen molar-refractivity contribution in [3.63, 3.8) is 0 Å². The van der Waals surface area contributed by atoms with Crippen LogP contribution in [0.2, 0.25) is 0 Å². The second kappa shape index (κ2) is 7.49. The number of carbonyl (C=O) groups excluding carboxylic acids is 1. The van der Waals surface area contributed by atoms with Gasteiger partial charge in [0.25, 0.3) is 0 Å². The van der Waals surface area contributed by atoms with E-state index in [1.165, 1.54) is 0 Å². The SMILES string of the molecule is C=C(C)CN(CC)C(=O)CCc1nc(-c2ccncc2)no1. The third-order valence-corrected chi connectivity index (χ3v) is 3.15. The molecule has 0 fully saturated rings. The molecule has 116 valence electrons. The number of hydrogen-bond acceptors (Lipinski definition) is 5. The molecule has 0 unspecified atom stereocenters. The average molecular weight is 300 g/mol. The summed E-state index contributed by atoms with van der Waals surface area (Å²) in [7, 11) is 0. The largest absolute Gasteiger partial charge is 0.339 e. The Morgan fingerprint density at radius 3 is 2.73 bits per heavy atom. The fraction of sp³-hybridized carbons (Fsp3) is 0.375. The molecule has 0 aromatic carbocycles. The zero-order valence-electron chi connectivity index (χ0n) is 13.0. The van der Waals surface area contributed by atoms with Gasteiger partial charge in [0, 0.05) is 43.9 Å². The molecule has 0 N–H and O–H groups in total. The van der Waals surface area contributed by atoms with Crippen molar-refractivity contribution in [2.75, 3.05) is 13.1 Å². The highest BCUT2D eigenvalue weighted by Crippen LogP contribution is 2.15. The summed E-state index contributed by atoms with van der Waals surface area (Å²) < 4.78 is 5.19. The highest BCUT2D eigenvalue weighted by Gasteiger charge is 2.14. The molecule has 0 saturated carbocycles. The van der Waals surface area contributed by atoms with E-state index in [9.17, 15) is 4.79 Å². The predicted molar refractivity (Wildman–Crippen MR) is 82.9 cm³/mol. The summed E-state index contributed by atoms with van der Waals surface area (Å²) in [6.07, 6.45) is 4.12. The number of likely N-dealkylation sites (N-methyl/N-ethyl adjacent to an activating group) is 1. The normalized spacial score (nSPS) is 10.5. The molecule has 2 heterocycles. The first-order valence-electron chi connectivity index (χ1n) is 7.25. The van der Waals surface area contributed by atoms with Gasteiger partial charge in [0.1, 0.15) is 0 Å². The van der Waals surface area contributed by atoms with Crippen LogP contribution < -0.4 is 0 Å². The van der Waals surface area contributed by atoms with Crippen LogP contribution in [-0.2, 0) is 11.2 Å². The van der Waals surface area contributed by atoms with Crippen molar-refractivity contribution >= 4 is 5.91 Å². The Bertz CT molecular complexity index is 637. The number of rotatable bonds is 7. The van der Waals surface area contributed by atoms with Gasteiger partial charge in [-0.25, -0.2) is 0 Å². The summed E-state index contributed by atoms with van der Waals surface area (Å²) in [5.74, 6) is 1.04. The van der Waals surface area contributed by atoms with Gasteiger partial charge in [-0.05, 0) is 26.0 Å². The van der Waals surface area contributed by atoms with E-state index in [1.54, 1.807) is 17.3 Å². The Morgan fingerprint density at radius 1 is 1.36 bits per heavy atom. The third-order valence-electron chi connectivity index (χ3n) is 3.15. The first-order valence-corrected chi connectivity index (χ1v) is 7.25. The minimum absolute atomic E-state index is 0.0640. The Morgan fingerprint density at radius 2 is 2.09 bits per heavy atom. The Labute approximate surface area is 129 Å². The third kappa shape index (κ3) is 4.25. The molecule has 2 aromatic heterocycles. The Hall–Kier alpha value is -2.50. The van der Waals surface area contributed by atoms with Crippen molar-refractivity contribution in [2.45, 2.75) is 26.7 Å². The van der Waals surface area contributed by atoms with E-state index < -0.39 is 0 Å². The van der Waals surface area contributed by atoms with E-state index in [1.807, 2.05) is 26.0 Å². The summed E-state index contributed by atoms with van der Waals surface area (Å²) in [4.78, 5) is 22.2. The lowest BCUT2D eigenvalue weighted by molar-refractivity contribution is -0.130. The summed E-state index contributed by atoms with van der Waals surface area (Å²) in [5, 5.41) is 3.92. The van der Waals surface area contributed by atoms with Crippen molar-refractivity contribution in [1.82, 2.24) is 20.0 Å². The molecule has 0 spiro atoms. The molecule has 0 aliphatic rings. The Balaban J connectivity index is 1.93. The van der Waals surface area contributed by atoms with Crippen LogP contribution in [0.1, 0.15) is 26.2 Å². The molecule has 0 saturated heterocycles. The van der Waals surface area contributed by atoms with Crippen LogP contribution in [0, 0.1) is 0 Å². The predicted octanol–water partition coefficient (Wildman–Crippen LogP) is 2.49. The van der Waals surface area contributed by atoms with Gasteiger partial charge >= 0.3 is 0 Å². The molecule has 2 aromatic rings. The maximum absolute atomic E-state index is 12.1.